The molecule has 33 heavy (non-hydrogen) atoms. The summed E-state index contributed by atoms with van der Waals surface area (Å²) >= 11 is 0. The molecule has 1 saturated heterocycles. The lowest BCUT2D eigenvalue weighted by Crippen LogP contribution is -2.35. The number of ether oxygens (including phenoxy) is 1. The lowest BCUT2D eigenvalue weighted by Gasteiger charge is -2.13. The highest BCUT2D eigenvalue weighted by Crippen LogP contribution is 2.33. The van der Waals surface area contributed by atoms with Crippen molar-refractivity contribution >= 4 is 35.0 Å². The molecule has 0 unspecified atom stereocenters. The van der Waals surface area contributed by atoms with Crippen LogP contribution in [-0.4, -0.2) is 26.6 Å². The Morgan fingerprint density at radius 2 is 1.73 bits per heavy atom. The van der Waals surface area contributed by atoms with Crippen LogP contribution in [0, 0.1) is 20.2 Å². The van der Waals surface area contributed by atoms with E-state index < -0.39 is 27.3 Å². The van der Waals surface area contributed by atoms with E-state index in [1.165, 1.54) is 24.3 Å². The first-order valence-electron chi connectivity index (χ1n) is 9.32. The number of hydrogen-bond donors (Lipinski definition) is 1. The Morgan fingerprint density at radius 3 is 2.36 bits per heavy atom. The molecule has 0 spiro atoms. The number of anilines is 1. The SMILES string of the molecule is O=C1NN(c2ccccc2)C(=O)C1=Cc1ccc(Oc2ccc([N+](=O)[O-])cn2)c([N+](=O)[O-])c1. The van der Waals surface area contributed by atoms with Crippen molar-refractivity contribution in [3.05, 3.63) is 98.2 Å². The van der Waals surface area contributed by atoms with Gasteiger partial charge in [-0.1, -0.05) is 24.3 Å². The maximum absolute atomic E-state index is 12.7. The van der Waals surface area contributed by atoms with Crippen molar-refractivity contribution in [2.24, 2.45) is 0 Å². The predicted octanol–water partition coefficient (Wildman–Crippen LogP) is 3.15. The summed E-state index contributed by atoms with van der Waals surface area (Å²) < 4.78 is 5.40. The Labute approximate surface area is 185 Å². The summed E-state index contributed by atoms with van der Waals surface area (Å²) in [4.78, 5) is 49.7. The van der Waals surface area contributed by atoms with Crippen molar-refractivity contribution in [2.45, 2.75) is 0 Å². The number of nitro benzene ring substituents is 1. The van der Waals surface area contributed by atoms with Crippen LogP contribution in [0.1, 0.15) is 5.56 Å². The van der Waals surface area contributed by atoms with Crippen molar-refractivity contribution in [3.8, 4) is 11.6 Å². The third-order valence-electron chi connectivity index (χ3n) is 4.54. The van der Waals surface area contributed by atoms with Gasteiger partial charge in [0.05, 0.1) is 15.5 Å². The zero-order valence-electron chi connectivity index (χ0n) is 16.6. The second-order valence-electron chi connectivity index (χ2n) is 6.67. The first-order valence-corrected chi connectivity index (χ1v) is 9.32. The maximum atomic E-state index is 12.7. The number of amides is 2. The summed E-state index contributed by atoms with van der Waals surface area (Å²) in [5.41, 5.74) is 2.22. The molecule has 0 bridgehead atoms. The minimum absolute atomic E-state index is 0.0846. The molecule has 1 fully saturated rings. The van der Waals surface area contributed by atoms with E-state index in [9.17, 15) is 29.8 Å². The van der Waals surface area contributed by atoms with Gasteiger partial charge in [0.2, 0.25) is 11.6 Å². The molecule has 0 radical (unpaired) electrons. The topological polar surface area (TPSA) is 158 Å². The Bertz CT molecular complexity index is 1310. The molecule has 2 heterocycles. The van der Waals surface area contributed by atoms with Crippen LogP contribution in [0.15, 0.2) is 72.4 Å². The molecule has 12 heteroatoms. The number of nitro groups is 2. The summed E-state index contributed by atoms with van der Waals surface area (Å²) in [5, 5.41) is 23.4. The summed E-state index contributed by atoms with van der Waals surface area (Å²) in [6, 6.07) is 14.7. The van der Waals surface area contributed by atoms with Gasteiger partial charge in [-0.25, -0.2) is 9.99 Å². The highest BCUT2D eigenvalue weighted by atomic mass is 16.6. The van der Waals surface area contributed by atoms with Gasteiger partial charge in [-0.2, -0.15) is 0 Å². The van der Waals surface area contributed by atoms with Gasteiger partial charge in [-0.05, 0) is 29.8 Å². The Kier molecular flexibility index (Phi) is 5.47. The Morgan fingerprint density at radius 1 is 0.970 bits per heavy atom. The van der Waals surface area contributed by atoms with Crippen LogP contribution < -0.4 is 15.2 Å². The predicted molar refractivity (Wildman–Crippen MR) is 114 cm³/mol. The number of nitrogens with one attached hydrogen (secondary N) is 1. The summed E-state index contributed by atoms with van der Waals surface area (Å²) in [5.74, 6) is -1.51. The van der Waals surface area contributed by atoms with Gasteiger partial charge in [-0.15, -0.1) is 0 Å². The second-order valence-corrected chi connectivity index (χ2v) is 6.67. The number of pyridine rings is 1. The molecule has 1 aliphatic heterocycles. The number of rotatable bonds is 6. The number of carbonyl (C=O) groups excluding carboxylic acids is 2. The van der Waals surface area contributed by atoms with Crippen LogP contribution >= 0.6 is 0 Å². The number of para-hydroxylation sites is 1. The molecule has 1 aliphatic rings. The molecule has 0 saturated carbocycles. The molecule has 2 amide bonds. The number of aromatic nitrogens is 1. The van der Waals surface area contributed by atoms with Crippen LogP contribution in [-0.2, 0) is 9.59 Å². The zero-order chi connectivity index (χ0) is 23.5. The molecule has 4 rings (SSSR count). The molecule has 164 valence electrons. The average molecular weight is 447 g/mol. The first kappa shape index (κ1) is 21.1. The van der Waals surface area contributed by atoms with Gasteiger partial charge in [0.25, 0.3) is 17.5 Å². The molecule has 3 aromatic rings. The Hall–Kier alpha value is -5.13. The van der Waals surface area contributed by atoms with Gasteiger partial charge in [0.1, 0.15) is 11.8 Å². The maximum Gasteiger partial charge on any atom is 0.312 e. The van der Waals surface area contributed by atoms with Gasteiger partial charge in [0, 0.05) is 18.2 Å². The van der Waals surface area contributed by atoms with Crippen molar-refractivity contribution in [3.63, 3.8) is 0 Å². The van der Waals surface area contributed by atoms with Crippen LogP contribution in [0.5, 0.6) is 11.6 Å². The number of nitrogens with zero attached hydrogens (tertiary/aromatic N) is 4. The van der Waals surface area contributed by atoms with Crippen LogP contribution in [0.25, 0.3) is 6.08 Å². The van der Waals surface area contributed by atoms with Crippen molar-refractivity contribution in [1.82, 2.24) is 10.4 Å². The van der Waals surface area contributed by atoms with E-state index in [1.54, 1.807) is 30.3 Å². The van der Waals surface area contributed by atoms with Crippen molar-refractivity contribution < 1.29 is 24.2 Å². The van der Waals surface area contributed by atoms with Gasteiger partial charge >= 0.3 is 5.69 Å². The van der Waals surface area contributed by atoms with Crippen molar-refractivity contribution in [2.75, 3.05) is 5.01 Å². The van der Waals surface area contributed by atoms with Crippen molar-refractivity contribution in [1.29, 1.82) is 0 Å². The van der Waals surface area contributed by atoms with Gasteiger partial charge in [-0.3, -0.25) is 35.2 Å². The monoisotopic (exact) mass is 447 g/mol. The standard InChI is InChI=1S/C21H13N5O7/c27-20-16(21(28)24(23-20)14-4-2-1-3-5-14)10-13-6-8-18(17(11-13)26(31)32)33-19-9-7-15(12-22-19)25(29)30/h1-12H,(H,23,27). The number of benzene rings is 2. The number of carbonyl (C=O) groups is 2. The lowest BCUT2D eigenvalue weighted by atomic mass is 10.1. The van der Waals surface area contributed by atoms with E-state index >= 15 is 0 Å². The third-order valence-corrected chi connectivity index (χ3v) is 4.54. The fraction of sp³-hybridized carbons (Fsp3) is 0. The second kappa shape index (κ2) is 8.55. The molecule has 1 aromatic heterocycles. The minimum Gasteiger partial charge on any atom is -0.432 e. The van der Waals surface area contributed by atoms with E-state index in [1.807, 2.05) is 0 Å². The highest BCUT2D eigenvalue weighted by Gasteiger charge is 2.34. The molecular weight excluding hydrogens is 434 g/mol. The zero-order valence-corrected chi connectivity index (χ0v) is 16.6. The van der Waals surface area contributed by atoms with Crippen LogP contribution in [0.3, 0.4) is 0 Å². The van der Waals surface area contributed by atoms with E-state index in [-0.39, 0.29) is 28.5 Å². The quantitative estimate of drug-likeness (QED) is 0.261. The molecule has 0 atom stereocenters. The fourth-order valence-electron chi connectivity index (χ4n) is 2.99. The molecule has 12 nitrogen and oxygen atoms in total. The van der Waals surface area contributed by atoms with Crippen LogP contribution in [0.2, 0.25) is 0 Å². The Balaban J connectivity index is 1.61. The largest absolute Gasteiger partial charge is 0.432 e. The lowest BCUT2D eigenvalue weighted by molar-refractivity contribution is -0.385. The summed E-state index contributed by atoms with van der Waals surface area (Å²) in [6.07, 6.45) is 2.20. The summed E-state index contributed by atoms with van der Waals surface area (Å²) in [6.45, 7) is 0. The summed E-state index contributed by atoms with van der Waals surface area (Å²) in [7, 11) is 0. The van der Waals surface area contributed by atoms with E-state index in [4.69, 9.17) is 4.74 Å². The molecule has 2 aromatic carbocycles. The minimum atomic E-state index is -0.699. The number of hydrogen-bond acceptors (Lipinski definition) is 8. The van der Waals surface area contributed by atoms with E-state index in [0.29, 0.717) is 5.69 Å². The molecule has 0 aliphatic carbocycles. The molecular formula is C21H13N5O7. The van der Waals surface area contributed by atoms with E-state index in [0.717, 1.165) is 23.3 Å². The molecule has 1 N–H and O–H groups in total. The van der Waals surface area contributed by atoms with E-state index in [2.05, 4.69) is 10.4 Å². The number of hydrazine groups is 1. The normalized spacial score (nSPS) is 14.3. The smallest absolute Gasteiger partial charge is 0.312 e. The average Bonchev–Trinajstić information content (AvgIpc) is 3.09. The highest BCUT2D eigenvalue weighted by molar-refractivity contribution is 6.31. The van der Waals surface area contributed by atoms with Gasteiger partial charge < -0.3 is 4.74 Å². The third kappa shape index (κ3) is 4.34. The fourth-order valence-corrected chi connectivity index (χ4v) is 2.99. The van der Waals surface area contributed by atoms with Gasteiger partial charge in [0.15, 0.2) is 0 Å². The van der Waals surface area contributed by atoms with Crippen LogP contribution in [0.4, 0.5) is 17.1 Å². The first-order chi connectivity index (χ1) is 15.8.